The molecule has 78 valence electrons. The van der Waals surface area contributed by atoms with Crippen LogP contribution in [-0.4, -0.2) is 10.1 Å². The maximum absolute atomic E-state index is 5.22. The Labute approximate surface area is 92.7 Å². The number of nitrogens with zero attached hydrogens (tertiary/aromatic N) is 2. The molecule has 0 bridgehead atoms. The largest absolute Gasteiger partial charge is 0.354 e. The molecule has 0 saturated carbocycles. The molecule has 0 radical (unpaired) electrons. The number of aryl methyl sites for hydroxylation is 1. The van der Waals surface area contributed by atoms with E-state index in [1.54, 1.807) is 12.4 Å². The van der Waals surface area contributed by atoms with Crippen molar-refractivity contribution < 1.29 is 4.52 Å². The topological polar surface area (TPSA) is 38.9 Å². The highest BCUT2D eigenvalue weighted by Crippen LogP contribution is 2.27. The molecule has 0 N–H and O–H groups in total. The van der Waals surface area contributed by atoms with E-state index in [1.807, 2.05) is 6.07 Å². The smallest absolute Gasteiger partial charge is 0.193 e. The van der Waals surface area contributed by atoms with E-state index in [4.69, 9.17) is 4.52 Å². The van der Waals surface area contributed by atoms with E-state index in [0.29, 0.717) is 0 Å². The Balaban J connectivity index is 2.25. The van der Waals surface area contributed by atoms with Gasteiger partial charge >= 0.3 is 0 Å². The fraction of sp³-hybridized carbons (Fsp3) is 0.0769. The molecule has 0 saturated heterocycles. The average molecular weight is 210 g/mol. The SMILES string of the molecule is Cc1ccc(-c2ccnc3cnoc23)cc1. The van der Waals surface area contributed by atoms with Crippen LogP contribution in [0.3, 0.4) is 0 Å². The number of fused-ring (bicyclic) bond motifs is 1. The van der Waals surface area contributed by atoms with Crippen LogP contribution in [0.1, 0.15) is 5.56 Å². The lowest BCUT2D eigenvalue weighted by atomic mass is 10.0. The first-order chi connectivity index (χ1) is 7.84. The first kappa shape index (κ1) is 9.09. The zero-order valence-corrected chi connectivity index (χ0v) is 8.84. The van der Waals surface area contributed by atoms with Crippen molar-refractivity contribution in [3.05, 3.63) is 48.3 Å². The van der Waals surface area contributed by atoms with E-state index in [2.05, 4.69) is 41.3 Å². The van der Waals surface area contributed by atoms with E-state index in [-0.39, 0.29) is 0 Å². The second-order valence-electron chi connectivity index (χ2n) is 3.76. The highest BCUT2D eigenvalue weighted by atomic mass is 16.5. The molecule has 1 aromatic carbocycles. The molecule has 3 nitrogen and oxygen atoms in total. The van der Waals surface area contributed by atoms with Gasteiger partial charge in [-0.3, -0.25) is 4.98 Å². The van der Waals surface area contributed by atoms with Crippen molar-refractivity contribution >= 4 is 11.1 Å². The van der Waals surface area contributed by atoms with E-state index in [9.17, 15) is 0 Å². The molecule has 0 unspecified atom stereocenters. The van der Waals surface area contributed by atoms with Gasteiger partial charge in [-0.2, -0.15) is 0 Å². The summed E-state index contributed by atoms with van der Waals surface area (Å²) in [6.07, 6.45) is 3.40. The fourth-order valence-corrected chi connectivity index (χ4v) is 1.74. The monoisotopic (exact) mass is 210 g/mol. The van der Waals surface area contributed by atoms with Gasteiger partial charge in [0.2, 0.25) is 0 Å². The van der Waals surface area contributed by atoms with E-state index in [1.165, 1.54) is 5.56 Å². The van der Waals surface area contributed by atoms with E-state index in [0.717, 1.165) is 22.2 Å². The number of hydrogen-bond acceptors (Lipinski definition) is 3. The molecule has 0 aliphatic heterocycles. The van der Waals surface area contributed by atoms with Crippen molar-refractivity contribution in [2.45, 2.75) is 6.92 Å². The standard InChI is InChI=1S/C13H10N2O/c1-9-2-4-10(5-3-9)11-6-7-14-12-8-15-16-13(11)12/h2-8H,1H3. The molecule has 0 spiro atoms. The van der Waals surface area contributed by atoms with Crippen LogP contribution < -0.4 is 0 Å². The van der Waals surface area contributed by atoms with Gasteiger partial charge < -0.3 is 4.52 Å². The Morgan fingerprint density at radius 3 is 2.69 bits per heavy atom. The molecule has 0 aliphatic rings. The van der Waals surface area contributed by atoms with Gasteiger partial charge in [-0.25, -0.2) is 0 Å². The van der Waals surface area contributed by atoms with E-state index < -0.39 is 0 Å². The lowest BCUT2D eigenvalue weighted by Crippen LogP contribution is -1.81. The first-order valence-electron chi connectivity index (χ1n) is 5.11. The molecule has 2 heterocycles. The van der Waals surface area contributed by atoms with Gasteiger partial charge in [0.05, 0.1) is 6.20 Å². The summed E-state index contributed by atoms with van der Waals surface area (Å²) in [5.41, 5.74) is 4.92. The summed E-state index contributed by atoms with van der Waals surface area (Å²) in [6, 6.07) is 10.3. The summed E-state index contributed by atoms with van der Waals surface area (Å²) in [5, 5.41) is 3.77. The molecule has 3 aromatic rings. The van der Waals surface area contributed by atoms with Gasteiger partial charge in [0.1, 0.15) is 5.52 Å². The Bertz CT molecular complexity index is 626. The van der Waals surface area contributed by atoms with Crippen LogP contribution in [0.5, 0.6) is 0 Å². The van der Waals surface area contributed by atoms with Crippen LogP contribution in [0, 0.1) is 6.92 Å². The van der Waals surface area contributed by atoms with Crippen LogP contribution in [0.2, 0.25) is 0 Å². The Morgan fingerprint density at radius 2 is 1.88 bits per heavy atom. The summed E-state index contributed by atoms with van der Waals surface area (Å²) in [7, 11) is 0. The maximum atomic E-state index is 5.22. The molecule has 0 atom stereocenters. The summed E-state index contributed by atoms with van der Waals surface area (Å²) in [5.74, 6) is 0. The summed E-state index contributed by atoms with van der Waals surface area (Å²) < 4.78 is 5.22. The number of pyridine rings is 1. The normalized spacial score (nSPS) is 10.8. The molecule has 3 heteroatoms. The number of benzene rings is 1. The van der Waals surface area contributed by atoms with Crippen molar-refractivity contribution in [1.82, 2.24) is 10.1 Å². The zero-order chi connectivity index (χ0) is 11.0. The van der Waals surface area contributed by atoms with Gasteiger partial charge in [-0.05, 0) is 18.6 Å². The molecular weight excluding hydrogens is 200 g/mol. The van der Waals surface area contributed by atoms with Gasteiger partial charge in [-0.1, -0.05) is 35.0 Å². The Hall–Kier alpha value is -2.16. The van der Waals surface area contributed by atoms with Crippen molar-refractivity contribution in [3.63, 3.8) is 0 Å². The van der Waals surface area contributed by atoms with Crippen LogP contribution in [-0.2, 0) is 0 Å². The minimum Gasteiger partial charge on any atom is -0.354 e. The molecule has 0 fully saturated rings. The minimum atomic E-state index is 0.742. The van der Waals surface area contributed by atoms with Crippen molar-refractivity contribution in [1.29, 1.82) is 0 Å². The summed E-state index contributed by atoms with van der Waals surface area (Å²) in [6.45, 7) is 2.07. The van der Waals surface area contributed by atoms with Gasteiger partial charge in [-0.15, -0.1) is 0 Å². The first-order valence-corrected chi connectivity index (χ1v) is 5.11. The lowest BCUT2D eigenvalue weighted by molar-refractivity contribution is 0.457. The summed E-state index contributed by atoms with van der Waals surface area (Å²) >= 11 is 0. The predicted octanol–water partition coefficient (Wildman–Crippen LogP) is 3.20. The second kappa shape index (κ2) is 3.45. The Morgan fingerprint density at radius 1 is 1.06 bits per heavy atom. The van der Waals surface area contributed by atoms with Crippen LogP contribution in [0.4, 0.5) is 0 Å². The van der Waals surface area contributed by atoms with Gasteiger partial charge in [0, 0.05) is 11.8 Å². The predicted molar refractivity (Wildman–Crippen MR) is 62.0 cm³/mol. The Kier molecular flexibility index (Phi) is 1.96. The quantitative estimate of drug-likeness (QED) is 0.619. The third-order valence-corrected chi connectivity index (χ3v) is 2.61. The van der Waals surface area contributed by atoms with Crippen LogP contribution in [0.15, 0.2) is 47.2 Å². The number of aromatic nitrogens is 2. The molecule has 3 rings (SSSR count). The molecule has 2 aromatic heterocycles. The maximum Gasteiger partial charge on any atom is 0.193 e. The fourth-order valence-electron chi connectivity index (χ4n) is 1.74. The van der Waals surface area contributed by atoms with Gasteiger partial charge in [0.15, 0.2) is 5.58 Å². The van der Waals surface area contributed by atoms with Crippen molar-refractivity contribution in [2.24, 2.45) is 0 Å². The molecule has 16 heavy (non-hydrogen) atoms. The third kappa shape index (κ3) is 1.37. The zero-order valence-electron chi connectivity index (χ0n) is 8.84. The third-order valence-electron chi connectivity index (χ3n) is 2.61. The van der Waals surface area contributed by atoms with Gasteiger partial charge in [0.25, 0.3) is 0 Å². The van der Waals surface area contributed by atoms with Crippen LogP contribution in [0.25, 0.3) is 22.2 Å². The number of hydrogen-bond donors (Lipinski definition) is 0. The summed E-state index contributed by atoms with van der Waals surface area (Å²) in [4.78, 5) is 4.19. The highest BCUT2D eigenvalue weighted by molar-refractivity contribution is 5.89. The highest BCUT2D eigenvalue weighted by Gasteiger charge is 2.07. The minimum absolute atomic E-state index is 0.742. The average Bonchev–Trinajstić information content (AvgIpc) is 2.78. The molecule has 0 aliphatic carbocycles. The molecular formula is C13H10N2O. The van der Waals surface area contributed by atoms with Crippen molar-refractivity contribution in [3.8, 4) is 11.1 Å². The number of rotatable bonds is 1. The van der Waals surface area contributed by atoms with Crippen molar-refractivity contribution in [2.75, 3.05) is 0 Å². The lowest BCUT2D eigenvalue weighted by Gasteiger charge is -2.01. The van der Waals surface area contributed by atoms with Crippen LogP contribution >= 0.6 is 0 Å². The molecule has 0 amide bonds. The second-order valence-corrected chi connectivity index (χ2v) is 3.76. The van der Waals surface area contributed by atoms with E-state index >= 15 is 0 Å².